The van der Waals surface area contributed by atoms with Gasteiger partial charge in [0, 0.05) is 9.58 Å². The molecule has 21 heavy (non-hydrogen) atoms. The summed E-state index contributed by atoms with van der Waals surface area (Å²) >= 11 is 5.18. The highest BCUT2D eigenvalue weighted by Crippen LogP contribution is 2.36. The SMILES string of the molecule is CCCNC(c1cc2cc(F)ccc2s1)c1occc1Br. The van der Waals surface area contributed by atoms with E-state index in [-0.39, 0.29) is 11.9 Å². The number of halogens is 2. The number of hydrogen-bond donors (Lipinski definition) is 1. The summed E-state index contributed by atoms with van der Waals surface area (Å²) in [5, 5.41) is 4.43. The van der Waals surface area contributed by atoms with Crippen molar-refractivity contribution in [3.63, 3.8) is 0 Å². The van der Waals surface area contributed by atoms with Crippen LogP contribution in [0.4, 0.5) is 4.39 Å². The van der Waals surface area contributed by atoms with Crippen LogP contribution in [0.2, 0.25) is 0 Å². The van der Waals surface area contributed by atoms with E-state index in [0.717, 1.165) is 38.2 Å². The van der Waals surface area contributed by atoms with E-state index in [1.807, 2.05) is 18.2 Å². The van der Waals surface area contributed by atoms with Gasteiger partial charge in [-0.25, -0.2) is 4.39 Å². The van der Waals surface area contributed by atoms with Crippen LogP contribution in [0.25, 0.3) is 10.1 Å². The number of fused-ring (bicyclic) bond motifs is 1. The molecule has 3 rings (SSSR count). The Morgan fingerprint density at radius 2 is 2.19 bits per heavy atom. The van der Waals surface area contributed by atoms with Crippen molar-refractivity contribution in [2.24, 2.45) is 0 Å². The third-order valence-electron chi connectivity index (χ3n) is 3.29. The molecule has 1 aromatic carbocycles. The molecular formula is C16H15BrFNOS. The van der Waals surface area contributed by atoms with Gasteiger partial charge in [0.1, 0.15) is 17.6 Å². The van der Waals surface area contributed by atoms with Crippen molar-refractivity contribution in [1.29, 1.82) is 0 Å². The Kier molecular flexibility index (Phi) is 4.42. The summed E-state index contributed by atoms with van der Waals surface area (Å²) in [7, 11) is 0. The van der Waals surface area contributed by atoms with E-state index < -0.39 is 0 Å². The van der Waals surface area contributed by atoms with E-state index in [1.165, 1.54) is 6.07 Å². The lowest BCUT2D eigenvalue weighted by Gasteiger charge is -2.15. The molecule has 2 aromatic heterocycles. The van der Waals surface area contributed by atoms with Crippen molar-refractivity contribution in [3.05, 3.63) is 57.5 Å². The molecule has 0 aliphatic carbocycles. The Morgan fingerprint density at radius 1 is 1.33 bits per heavy atom. The Bertz CT molecular complexity index is 752. The first kappa shape index (κ1) is 14.8. The first-order valence-corrected chi connectivity index (χ1v) is 8.45. The normalized spacial score (nSPS) is 12.9. The van der Waals surface area contributed by atoms with E-state index >= 15 is 0 Å². The molecule has 5 heteroatoms. The highest BCUT2D eigenvalue weighted by atomic mass is 79.9. The van der Waals surface area contributed by atoms with E-state index in [0.29, 0.717) is 0 Å². The summed E-state index contributed by atoms with van der Waals surface area (Å²) in [6.07, 6.45) is 2.71. The topological polar surface area (TPSA) is 25.2 Å². The van der Waals surface area contributed by atoms with E-state index in [2.05, 4.69) is 28.2 Å². The first-order valence-electron chi connectivity index (χ1n) is 6.84. The highest BCUT2D eigenvalue weighted by Gasteiger charge is 2.21. The average Bonchev–Trinajstić information content (AvgIpc) is 3.06. The lowest BCUT2D eigenvalue weighted by molar-refractivity contribution is 0.447. The molecule has 0 saturated heterocycles. The Balaban J connectivity index is 2.03. The second kappa shape index (κ2) is 6.30. The van der Waals surface area contributed by atoms with Crippen molar-refractivity contribution in [1.82, 2.24) is 5.32 Å². The minimum Gasteiger partial charge on any atom is -0.466 e. The quantitative estimate of drug-likeness (QED) is 0.645. The van der Waals surface area contributed by atoms with Crippen LogP contribution < -0.4 is 5.32 Å². The Hall–Kier alpha value is -1.17. The predicted molar refractivity (Wildman–Crippen MR) is 88.3 cm³/mol. The van der Waals surface area contributed by atoms with Gasteiger partial charge in [-0.3, -0.25) is 0 Å². The molecule has 1 N–H and O–H groups in total. The molecule has 0 fully saturated rings. The fourth-order valence-corrected chi connectivity index (χ4v) is 3.85. The zero-order valence-corrected chi connectivity index (χ0v) is 13.9. The fraction of sp³-hybridized carbons (Fsp3) is 0.250. The maximum atomic E-state index is 13.4. The molecule has 0 aliphatic rings. The summed E-state index contributed by atoms with van der Waals surface area (Å²) < 4.78 is 21.0. The van der Waals surface area contributed by atoms with Crippen LogP contribution in [0.15, 0.2) is 45.5 Å². The van der Waals surface area contributed by atoms with Gasteiger partial charge < -0.3 is 9.73 Å². The Morgan fingerprint density at radius 3 is 2.90 bits per heavy atom. The molecular weight excluding hydrogens is 353 g/mol. The summed E-state index contributed by atoms with van der Waals surface area (Å²) in [4.78, 5) is 1.12. The summed E-state index contributed by atoms with van der Waals surface area (Å²) in [6, 6.07) is 8.81. The van der Waals surface area contributed by atoms with E-state index in [9.17, 15) is 4.39 Å². The second-order valence-corrected chi connectivity index (χ2v) is 6.82. The molecule has 0 radical (unpaired) electrons. The molecule has 2 nitrogen and oxygen atoms in total. The largest absolute Gasteiger partial charge is 0.466 e. The number of benzene rings is 1. The number of hydrogen-bond acceptors (Lipinski definition) is 3. The van der Waals surface area contributed by atoms with Crippen LogP contribution in [-0.2, 0) is 0 Å². The van der Waals surface area contributed by atoms with Crippen LogP contribution in [-0.4, -0.2) is 6.54 Å². The van der Waals surface area contributed by atoms with Gasteiger partial charge in [0.25, 0.3) is 0 Å². The van der Waals surface area contributed by atoms with Gasteiger partial charge >= 0.3 is 0 Å². The standard InChI is InChI=1S/C16H15BrFNOS/c1-2-6-19-15(16-12(17)5-7-20-16)14-9-10-8-11(18)3-4-13(10)21-14/h3-5,7-9,15,19H,2,6H2,1H3. The molecule has 1 atom stereocenters. The number of nitrogens with one attached hydrogen (secondary N) is 1. The zero-order chi connectivity index (χ0) is 14.8. The minimum atomic E-state index is -0.205. The lowest BCUT2D eigenvalue weighted by atomic mass is 10.1. The smallest absolute Gasteiger partial charge is 0.140 e. The molecule has 2 heterocycles. The molecule has 0 amide bonds. The van der Waals surface area contributed by atoms with Crippen LogP contribution in [0.1, 0.15) is 30.0 Å². The maximum Gasteiger partial charge on any atom is 0.140 e. The molecule has 3 aromatic rings. The van der Waals surface area contributed by atoms with Crippen molar-refractivity contribution in [2.75, 3.05) is 6.54 Å². The van der Waals surface area contributed by atoms with E-state index in [1.54, 1.807) is 23.7 Å². The summed E-state index contributed by atoms with van der Waals surface area (Å²) in [6.45, 7) is 3.02. The molecule has 0 saturated carbocycles. The Labute approximate surface area is 135 Å². The van der Waals surface area contributed by atoms with Crippen molar-refractivity contribution < 1.29 is 8.81 Å². The third-order valence-corrected chi connectivity index (χ3v) is 5.12. The third kappa shape index (κ3) is 3.05. The molecule has 1 unspecified atom stereocenters. The van der Waals surface area contributed by atoms with Gasteiger partial charge in [-0.2, -0.15) is 0 Å². The average molecular weight is 368 g/mol. The van der Waals surface area contributed by atoms with Gasteiger partial charge in [-0.05, 0) is 64.6 Å². The molecule has 110 valence electrons. The molecule has 0 aliphatic heterocycles. The van der Waals surface area contributed by atoms with E-state index in [4.69, 9.17) is 4.42 Å². The molecule has 0 bridgehead atoms. The first-order chi connectivity index (χ1) is 10.2. The summed E-state index contributed by atoms with van der Waals surface area (Å²) in [5.41, 5.74) is 0. The van der Waals surface area contributed by atoms with Crippen LogP contribution >= 0.6 is 27.3 Å². The van der Waals surface area contributed by atoms with Gasteiger partial charge in [0.2, 0.25) is 0 Å². The maximum absolute atomic E-state index is 13.4. The molecule has 0 spiro atoms. The van der Waals surface area contributed by atoms with Crippen LogP contribution in [0.3, 0.4) is 0 Å². The van der Waals surface area contributed by atoms with Crippen molar-refractivity contribution in [2.45, 2.75) is 19.4 Å². The van der Waals surface area contributed by atoms with Crippen molar-refractivity contribution in [3.8, 4) is 0 Å². The van der Waals surface area contributed by atoms with Gasteiger partial charge in [0.15, 0.2) is 0 Å². The van der Waals surface area contributed by atoms with Gasteiger partial charge in [-0.1, -0.05) is 6.92 Å². The number of thiophene rings is 1. The minimum absolute atomic E-state index is 0.0187. The van der Waals surface area contributed by atoms with Crippen LogP contribution in [0.5, 0.6) is 0 Å². The summed E-state index contributed by atoms with van der Waals surface area (Å²) in [5.74, 6) is 0.652. The fourth-order valence-electron chi connectivity index (χ4n) is 2.30. The monoisotopic (exact) mass is 367 g/mol. The zero-order valence-electron chi connectivity index (χ0n) is 11.5. The number of furan rings is 1. The van der Waals surface area contributed by atoms with Crippen LogP contribution in [0, 0.1) is 5.82 Å². The highest BCUT2D eigenvalue weighted by molar-refractivity contribution is 9.10. The lowest BCUT2D eigenvalue weighted by Crippen LogP contribution is -2.22. The predicted octanol–water partition coefficient (Wildman–Crippen LogP) is 5.48. The van der Waals surface area contributed by atoms with Gasteiger partial charge in [-0.15, -0.1) is 11.3 Å². The number of rotatable bonds is 5. The second-order valence-electron chi connectivity index (χ2n) is 4.85. The van der Waals surface area contributed by atoms with Gasteiger partial charge in [0.05, 0.1) is 10.7 Å². The van der Waals surface area contributed by atoms with Crippen molar-refractivity contribution >= 4 is 37.4 Å².